The summed E-state index contributed by atoms with van der Waals surface area (Å²) >= 11 is 3.44. The van der Waals surface area contributed by atoms with Crippen LogP contribution < -0.4 is 5.32 Å². The van der Waals surface area contributed by atoms with Crippen LogP contribution in [0.5, 0.6) is 0 Å². The molecule has 0 saturated carbocycles. The van der Waals surface area contributed by atoms with Crippen LogP contribution in [-0.4, -0.2) is 20.3 Å². The largest absolute Gasteiger partial charge is 0.385 e. The second-order valence-corrected chi connectivity index (χ2v) is 4.05. The molecule has 0 fully saturated rings. The summed E-state index contributed by atoms with van der Waals surface area (Å²) in [5.41, 5.74) is 1.16. The normalized spacial score (nSPS) is 10.1. The van der Waals surface area contributed by atoms with Crippen molar-refractivity contribution in [1.82, 2.24) is 0 Å². The van der Waals surface area contributed by atoms with Gasteiger partial charge in [0, 0.05) is 30.4 Å². The zero-order valence-electron chi connectivity index (χ0n) is 8.42. The first-order chi connectivity index (χ1) is 6.83. The zero-order valence-corrected chi connectivity index (χ0v) is 10.0. The number of anilines is 1. The van der Waals surface area contributed by atoms with E-state index in [9.17, 15) is 0 Å². The molecule has 0 aliphatic carbocycles. The highest BCUT2D eigenvalue weighted by Gasteiger charge is 1.92. The maximum atomic E-state index is 4.98. The Morgan fingerprint density at radius 3 is 2.93 bits per heavy atom. The van der Waals surface area contributed by atoms with Gasteiger partial charge in [-0.3, -0.25) is 0 Å². The van der Waals surface area contributed by atoms with Crippen LogP contribution >= 0.6 is 15.9 Å². The second-order valence-electron chi connectivity index (χ2n) is 3.14. The summed E-state index contributed by atoms with van der Waals surface area (Å²) in [7, 11) is 1.74. The van der Waals surface area contributed by atoms with Crippen LogP contribution in [0.25, 0.3) is 0 Å². The molecule has 1 rings (SSSR count). The summed E-state index contributed by atoms with van der Waals surface area (Å²) in [6.45, 7) is 1.85. The summed E-state index contributed by atoms with van der Waals surface area (Å²) in [5, 5.41) is 3.36. The van der Waals surface area contributed by atoms with Crippen LogP contribution in [0, 0.1) is 0 Å². The van der Waals surface area contributed by atoms with Gasteiger partial charge in [0.05, 0.1) is 0 Å². The molecule has 0 bridgehead atoms. The highest BCUT2D eigenvalue weighted by atomic mass is 79.9. The average molecular weight is 258 g/mol. The summed E-state index contributed by atoms with van der Waals surface area (Å²) in [4.78, 5) is 0. The van der Waals surface area contributed by atoms with Gasteiger partial charge in [0.1, 0.15) is 0 Å². The van der Waals surface area contributed by atoms with Crippen LogP contribution in [0.2, 0.25) is 0 Å². The Morgan fingerprint density at radius 2 is 2.21 bits per heavy atom. The minimum atomic E-state index is 0.847. The minimum absolute atomic E-state index is 0.847. The van der Waals surface area contributed by atoms with Crippen molar-refractivity contribution in [2.24, 2.45) is 0 Å². The Morgan fingerprint density at radius 1 is 1.36 bits per heavy atom. The summed E-state index contributed by atoms with van der Waals surface area (Å²) in [6.07, 6.45) is 2.25. The second kappa shape index (κ2) is 6.85. The van der Waals surface area contributed by atoms with Crippen molar-refractivity contribution in [2.75, 3.05) is 25.6 Å². The van der Waals surface area contributed by atoms with Crippen molar-refractivity contribution >= 4 is 21.6 Å². The van der Waals surface area contributed by atoms with Crippen molar-refractivity contribution in [3.05, 3.63) is 28.7 Å². The number of halogens is 1. The van der Waals surface area contributed by atoms with Gasteiger partial charge >= 0.3 is 0 Å². The third-order valence-corrected chi connectivity index (χ3v) is 2.42. The number of unbranched alkanes of at least 4 members (excludes halogenated alkanes) is 1. The maximum absolute atomic E-state index is 4.98. The molecular weight excluding hydrogens is 242 g/mol. The molecule has 1 aromatic carbocycles. The van der Waals surface area contributed by atoms with Crippen LogP contribution in [0.4, 0.5) is 5.69 Å². The van der Waals surface area contributed by atoms with E-state index in [1.807, 2.05) is 12.1 Å². The summed E-state index contributed by atoms with van der Waals surface area (Å²) < 4.78 is 6.09. The van der Waals surface area contributed by atoms with E-state index >= 15 is 0 Å². The first-order valence-corrected chi connectivity index (χ1v) is 5.60. The Balaban J connectivity index is 2.18. The Labute approximate surface area is 93.8 Å². The molecule has 0 radical (unpaired) electrons. The first kappa shape index (κ1) is 11.5. The lowest BCUT2D eigenvalue weighted by Gasteiger charge is -2.06. The predicted molar refractivity (Wildman–Crippen MR) is 63.7 cm³/mol. The highest BCUT2D eigenvalue weighted by Crippen LogP contribution is 2.15. The van der Waals surface area contributed by atoms with E-state index in [2.05, 4.69) is 33.4 Å². The average Bonchev–Trinajstić information content (AvgIpc) is 2.18. The fourth-order valence-electron chi connectivity index (χ4n) is 1.20. The van der Waals surface area contributed by atoms with Gasteiger partial charge in [-0.25, -0.2) is 0 Å². The molecule has 78 valence electrons. The molecule has 0 amide bonds. The third-order valence-electron chi connectivity index (χ3n) is 1.93. The smallest absolute Gasteiger partial charge is 0.0462 e. The number of hydrogen-bond donors (Lipinski definition) is 1. The molecule has 0 heterocycles. The molecule has 0 atom stereocenters. The molecule has 0 aliphatic heterocycles. The van der Waals surface area contributed by atoms with E-state index in [4.69, 9.17) is 4.74 Å². The van der Waals surface area contributed by atoms with E-state index in [1.54, 1.807) is 7.11 Å². The molecule has 1 aromatic rings. The lowest BCUT2D eigenvalue weighted by molar-refractivity contribution is 0.194. The minimum Gasteiger partial charge on any atom is -0.385 e. The van der Waals surface area contributed by atoms with E-state index in [1.165, 1.54) is 0 Å². The number of nitrogens with one attached hydrogen (secondary N) is 1. The van der Waals surface area contributed by atoms with E-state index in [-0.39, 0.29) is 0 Å². The van der Waals surface area contributed by atoms with Gasteiger partial charge in [-0.1, -0.05) is 22.0 Å². The SMILES string of the molecule is COCCCCNc1cccc(Br)c1. The number of ether oxygens (including phenoxy) is 1. The van der Waals surface area contributed by atoms with Crippen molar-refractivity contribution in [1.29, 1.82) is 0 Å². The zero-order chi connectivity index (χ0) is 10.2. The lowest BCUT2D eigenvalue weighted by atomic mass is 10.3. The maximum Gasteiger partial charge on any atom is 0.0462 e. The fourth-order valence-corrected chi connectivity index (χ4v) is 1.60. The van der Waals surface area contributed by atoms with Gasteiger partial charge in [0.15, 0.2) is 0 Å². The van der Waals surface area contributed by atoms with Gasteiger partial charge < -0.3 is 10.1 Å². The Hall–Kier alpha value is -0.540. The predicted octanol–water partition coefficient (Wildman–Crippen LogP) is 3.29. The number of hydrogen-bond acceptors (Lipinski definition) is 2. The first-order valence-electron chi connectivity index (χ1n) is 4.81. The highest BCUT2D eigenvalue weighted by molar-refractivity contribution is 9.10. The lowest BCUT2D eigenvalue weighted by Crippen LogP contribution is -2.02. The molecule has 3 heteroatoms. The third kappa shape index (κ3) is 4.63. The topological polar surface area (TPSA) is 21.3 Å². The number of rotatable bonds is 6. The van der Waals surface area contributed by atoms with Crippen LogP contribution in [0.15, 0.2) is 28.7 Å². The molecule has 1 N–H and O–H groups in total. The van der Waals surface area contributed by atoms with Crippen molar-refractivity contribution < 1.29 is 4.74 Å². The van der Waals surface area contributed by atoms with Gasteiger partial charge in [-0.05, 0) is 31.0 Å². The fraction of sp³-hybridized carbons (Fsp3) is 0.455. The summed E-state index contributed by atoms with van der Waals surface area (Å²) in [6, 6.07) is 8.20. The van der Waals surface area contributed by atoms with Gasteiger partial charge in [0.2, 0.25) is 0 Å². The molecule has 0 saturated heterocycles. The molecule has 0 aromatic heterocycles. The number of methoxy groups -OCH3 is 1. The molecule has 0 unspecified atom stereocenters. The molecule has 14 heavy (non-hydrogen) atoms. The van der Waals surface area contributed by atoms with Crippen molar-refractivity contribution in [2.45, 2.75) is 12.8 Å². The molecule has 0 aliphatic rings. The van der Waals surface area contributed by atoms with Gasteiger partial charge in [-0.15, -0.1) is 0 Å². The Bertz CT molecular complexity index is 265. The summed E-state index contributed by atoms with van der Waals surface area (Å²) in [5.74, 6) is 0. The van der Waals surface area contributed by atoms with Crippen molar-refractivity contribution in [3.63, 3.8) is 0 Å². The Kier molecular flexibility index (Phi) is 5.64. The molecule has 2 nitrogen and oxygen atoms in total. The van der Waals surface area contributed by atoms with E-state index < -0.39 is 0 Å². The van der Waals surface area contributed by atoms with E-state index in [0.29, 0.717) is 0 Å². The molecule has 0 spiro atoms. The standard InChI is InChI=1S/C11H16BrNO/c1-14-8-3-2-7-13-11-6-4-5-10(12)9-11/h4-6,9,13H,2-3,7-8H2,1H3. The van der Waals surface area contributed by atoms with Gasteiger partial charge in [0.25, 0.3) is 0 Å². The van der Waals surface area contributed by atoms with Crippen LogP contribution in [0.3, 0.4) is 0 Å². The van der Waals surface area contributed by atoms with Crippen molar-refractivity contribution in [3.8, 4) is 0 Å². The quantitative estimate of drug-likeness (QED) is 0.790. The van der Waals surface area contributed by atoms with Crippen LogP contribution in [-0.2, 0) is 4.74 Å². The molecular formula is C11H16BrNO. The van der Waals surface area contributed by atoms with Gasteiger partial charge in [-0.2, -0.15) is 0 Å². The van der Waals surface area contributed by atoms with E-state index in [0.717, 1.165) is 36.2 Å². The monoisotopic (exact) mass is 257 g/mol. The van der Waals surface area contributed by atoms with Crippen LogP contribution in [0.1, 0.15) is 12.8 Å². The number of benzene rings is 1.